The minimum absolute atomic E-state index is 0.0408. The molecule has 0 fully saturated rings. The number of nitrogens with one attached hydrogen (secondary N) is 5. The monoisotopic (exact) mass is 542 g/mol. The van der Waals surface area contributed by atoms with Crippen LogP contribution in [-0.2, 0) is 38.4 Å². The molecule has 15 heteroatoms. The average Bonchev–Trinajstić information content (AvgIpc) is 3.62. The maximum absolute atomic E-state index is 13.1. The Labute approximate surface area is 222 Å². The van der Waals surface area contributed by atoms with Crippen molar-refractivity contribution in [2.45, 2.75) is 43.4 Å². The molecule has 0 spiro atoms. The molecule has 10 N–H and O–H groups in total. The van der Waals surface area contributed by atoms with Gasteiger partial charge >= 0.3 is 5.97 Å². The Balaban J connectivity index is 1.66. The number of carboxylic acid groups (broad SMARTS) is 1. The Morgan fingerprint density at radius 1 is 0.795 bits per heavy atom. The smallest absolute Gasteiger partial charge is 0.326 e. The van der Waals surface area contributed by atoms with E-state index in [1.165, 1.54) is 37.2 Å². The van der Waals surface area contributed by atoms with Crippen LogP contribution in [0.2, 0.25) is 0 Å². The summed E-state index contributed by atoms with van der Waals surface area (Å²) in [5.74, 6) is -3.67. The van der Waals surface area contributed by atoms with Crippen molar-refractivity contribution < 1.29 is 34.5 Å². The second kappa shape index (κ2) is 13.7. The van der Waals surface area contributed by atoms with Crippen molar-refractivity contribution in [2.75, 3.05) is 6.61 Å². The highest BCUT2D eigenvalue weighted by atomic mass is 16.4. The van der Waals surface area contributed by atoms with Crippen LogP contribution in [-0.4, -0.2) is 89.7 Å². The van der Waals surface area contributed by atoms with Gasteiger partial charge in [0, 0.05) is 36.6 Å². The number of carbonyl (C=O) groups is 4. The number of nitrogens with two attached hydrogens (primary N) is 1. The number of hydrogen-bond donors (Lipinski definition) is 9. The predicted molar refractivity (Wildman–Crippen MR) is 135 cm³/mol. The highest BCUT2D eigenvalue weighted by molar-refractivity contribution is 5.94. The van der Waals surface area contributed by atoms with E-state index in [2.05, 4.69) is 35.9 Å². The fourth-order valence-electron chi connectivity index (χ4n) is 3.64. The van der Waals surface area contributed by atoms with Gasteiger partial charge in [0.15, 0.2) is 0 Å². The minimum atomic E-state index is -1.51. The van der Waals surface area contributed by atoms with Gasteiger partial charge in [-0.1, -0.05) is 12.1 Å². The largest absolute Gasteiger partial charge is 0.508 e. The van der Waals surface area contributed by atoms with Gasteiger partial charge in [0.2, 0.25) is 17.7 Å². The molecule has 0 aliphatic carbocycles. The highest BCUT2D eigenvalue weighted by Gasteiger charge is 2.30. The number of hydrogen-bond acceptors (Lipinski definition) is 9. The van der Waals surface area contributed by atoms with E-state index in [1.807, 2.05) is 0 Å². The van der Waals surface area contributed by atoms with Gasteiger partial charge in [-0.3, -0.25) is 14.4 Å². The lowest BCUT2D eigenvalue weighted by Gasteiger charge is -2.24. The second-order valence-corrected chi connectivity index (χ2v) is 8.74. The van der Waals surface area contributed by atoms with Crippen molar-refractivity contribution in [3.05, 3.63) is 66.3 Å². The molecule has 4 atom stereocenters. The number of aliphatic hydroxyl groups is 1. The van der Waals surface area contributed by atoms with Crippen molar-refractivity contribution in [2.24, 2.45) is 5.73 Å². The Bertz CT molecular complexity index is 1230. The number of rotatable bonds is 14. The average molecular weight is 543 g/mol. The lowest BCUT2D eigenvalue weighted by atomic mass is 10.0. The zero-order valence-electron chi connectivity index (χ0n) is 20.7. The van der Waals surface area contributed by atoms with Crippen LogP contribution in [0.25, 0.3) is 0 Å². The lowest BCUT2D eigenvalue weighted by Crippen LogP contribution is -2.58. The van der Waals surface area contributed by atoms with Crippen LogP contribution in [0.3, 0.4) is 0 Å². The highest BCUT2D eigenvalue weighted by Crippen LogP contribution is 2.11. The Morgan fingerprint density at radius 3 is 1.82 bits per heavy atom. The van der Waals surface area contributed by atoms with Crippen LogP contribution >= 0.6 is 0 Å². The third-order valence-electron chi connectivity index (χ3n) is 5.75. The van der Waals surface area contributed by atoms with Crippen LogP contribution in [0.1, 0.15) is 17.0 Å². The van der Waals surface area contributed by atoms with E-state index in [0.717, 1.165) is 0 Å². The Morgan fingerprint density at radius 2 is 1.31 bits per heavy atom. The van der Waals surface area contributed by atoms with Crippen LogP contribution < -0.4 is 21.7 Å². The predicted octanol–water partition coefficient (Wildman–Crippen LogP) is -2.28. The van der Waals surface area contributed by atoms with Gasteiger partial charge in [-0.25, -0.2) is 14.8 Å². The quantitative estimate of drug-likeness (QED) is 0.106. The number of carbonyl (C=O) groups excluding carboxylic acids is 3. The van der Waals surface area contributed by atoms with Crippen molar-refractivity contribution in [3.63, 3.8) is 0 Å². The molecule has 0 aliphatic heterocycles. The van der Waals surface area contributed by atoms with Gasteiger partial charge in [-0.2, -0.15) is 0 Å². The first-order valence-electron chi connectivity index (χ1n) is 11.9. The number of aliphatic hydroxyl groups excluding tert-OH is 1. The minimum Gasteiger partial charge on any atom is -0.508 e. The normalized spacial score (nSPS) is 14.0. The van der Waals surface area contributed by atoms with Crippen molar-refractivity contribution in [3.8, 4) is 5.75 Å². The number of H-pyrrole nitrogens is 2. The molecule has 1 aromatic carbocycles. The molecule has 3 rings (SSSR count). The van der Waals surface area contributed by atoms with E-state index < -0.39 is 54.5 Å². The Hall–Kier alpha value is -4.76. The molecule has 0 aliphatic rings. The standard InChI is InChI=1S/C24H30N8O7/c25-17(5-13-1-3-16(34)4-2-13)21(35)30-18(6-14-8-26-11-28-14)22(36)32-20(10-33)23(37)31-19(24(38)39)7-15-9-27-12-29-15/h1-4,8-9,11-12,17-20,33-34H,5-7,10,25H2,(H,26,28)(H,27,29)(H,30,35)(H,31,37)(H,32,36)(H,38,39). The molecular formula is C24H30N8O7. The number of aromatic nitrogens is 4. The van der Waals surface area contributed by atoms with Crippen LogP contribution in [0, 0.1) is 0 Å². The van der Waals surface area contributed by atoms with E-state index in [4.69, 9.17) is 5.73 Å². The number of phenols is 1. The molecular weight excluding hydrogens is 512 g/mol. The van der Waals surface area contributed by atoms with E-state index in [9.17, 15) is 34.5 Å². The SMILES string of the molecule is NC(Cc1ccc(O)cc1)C(=O)NC(Cc1cnc[nH]1)C(=O)NC(CO)C(=O)NC(Cc1cnc[nH]1)C(=O)O. The number of aromatic amines is 2. The molecule has 0 bridgehead atoms. The summed E-state index contributed by atoms with van der Waals surface area (Å²) in [5, 5.41) is 35.9. The first kappa shape index (κ1) is 28.8. The molecule has 3 amide bonds. The number of nitrogens with zero attached hydrogens (tertiary/aromatic N) is 2. The number of phenolic OH excluding ortho intramolecular Hbond substituents is 1. The molecule has 0 saturated heterocycles. The van der Waals surface area contributed by atoms with Gasteiger partial charge in [0.1, 0.15) is 23.9 Å². The number of amides is 3. The number of aliphatic carboxylic acids is 1. The van der Waals surface area contributed by atoms with Gasteiger partial charge in [0.25, 0.3) is 0 Å². The Kier molecular flexibility index (Phi) is 10.1. The second-order valence-electron chi connectivity index (χ2n) is 8.74. The van der Waals surface area contributed by atoms with Gasteiger partial charge in [-0.05, 0) is 24.1 Å². The molecule has 39 heavy (non-hydrogen) atoms. The topological polar surface area (TPSA) is 248 Å². The summed E-state index contributed by atoms with van der Waals surface area (Å²) in [6, 6.07) is 1.01. The molecule has 3 aromatic rings. The maximum atomic E-state index is 13.1. The van der Waals surface area contributed by atoms with Crippen molar-refractivity contribution in [1.82, 2.24) is 35.9 Å². The summed E-state index contributed by atoms with van der Waals surface area (Å²) >= 11 is 0. The van der Waals surface area contributed by atoms with Gasteiger partial charge in [-0.15, -0.1) is 0 Å². The van der Waals surface area contributed by atoms with Crippen molar-refractivity contribution >= 4 is 23.7 Å². The zero-order valence-corrected chi connectivity index (χ0v) is 20.7. The van der Waals surface area contributed by atoms with Crippen molar-refractivity contribution in [1.29, 1.82) is 0 Å². The summed E-state index contributed by atoms with van der Waals surface area (Å²) in [6.07, 6.45) is 5.58. The maximum Gasteiger partial charge on any atom is 0.326 e. The molecule has 4 unspecified atom stereocenters. The van der Waals surface area contributed by atoms with Crippen LogP contribution in [0.4, 0.5) is 0 Å². The van der Waals surface area contributed by atoms with E-state index in [-0.39, 0.29) is 25.0 Å². The number of benzene rings is 1. The summed E-state index contributed by atoms with van der Waals surface area (Å²) in [5.41, 5.74) is 7.67. The fraction of sp³-hybridized carbons (Fsp3) is 0.333. The van der Waals surface area contributed by atoms with Gasteiger partial charge < -0.3 is 47.0 Å². The summed E-state index contributed by atoms with van der Waals surface area (Å²) < 4.78 is 0. The molecule has 0 radical (unpaired) electrons. The third-order valence-corrected chi connectivity index (χ3v) is 5.75. The zero-order chi connectivity index (χ0) is 28.4. The lowest BCUT2D eigenvalue weighted by molar-refractivity contribution is -0.142. The van der Waals surface area contributed by atoms with E-state index >= 15 is 0 Å². The van der Waals surface area contributed by atoms with Gasteiger partial charge in [0.05, 0.1) is 25.3 Å². The van der Waals surface area contributed by atoms with E-state index in [1.54, 1.807) is 12.1 Å². The molecule has 15 nitrogen and oxygen atoms in total. The van der Waals surface area contributed by atoms with Crippen LogP contribution in [0.15, 0.2) is 49.3 Å². The third kappa shape index (κ3) is 8.65. The first-order chi connectivity index (χ1) is 18.7. The number of carboxylic acids is 1. The fourth-order valence-corrected chi connectivity index (χ4v) is 3.64. The molecule has 208 valence electrons. The first-order valence-corrected chi connectivity index (χ1v) is 11.9. The summed E-state index contributed by atoms with van der Waals surface area (Å²) in [7, 11) is 0. The van der Waals surface area contributed by atoms with Crippen LogP contribution in [0.5, 0.6) is 5.75 Å². The summed E-state index contributed by atoms with van der Waals surface area (Å²) in [4.78, 5) is 63.6. The molecule has 2 heterocycles. The number of aromatic hydroxyl groups is 1. The number of imidazole rings is 2. The molecule has 2 aromatic heterocycles. The summed E-state index contributed by atoms with van der Waals surface area (Å²) in [6.45, 7) is -0.834. The molecule has 0 saturated carbocycles. The van der Waals surface area contributed by atoms with E-state index in [0.29, 0.717) is 17.0 Å².